The first kappa shape index (κ1) is 18.2. The fourth-order valence-electron chi connectivity index (χ4n) is 2.14. The molecule has 0 saturated heterocycles. The Balaban J connectivity index is 3.32. The number of rotatable bonds is 1. The molecule has 0 aromatic rings. The molecule has 0 aromatic carbocycles. The first-order valence-corrected chi connectivity index (χ1v) is 5.92. The fourth-order valence-corrected chi connectivity index (χ4v) is 2.49. The van der Waals surface area contributed by atoms with Crippen LogP contribution in [0.2, 0.25) is 0 Å². The van der Waals surface area contributed by atoms with Crippen molar-refractivity contribution in [2.75, 3.05) is 0 Å². The molecule has 0 N–H and O–H groups in total. The number of esters is 1. The smallest absolute Gasteiger partial charge is 0.426 e. The monoisotopic (exact) mass is 348 g/mol. The van der Waals surface area contributed by atoms with Crippen molar-refractivity contribution in [1.29, 1.82) is 0 Å². The van der Waals surface area contributed by atoms with E-state index in [9.17, 15) is 39.9 Å². The van der Waals surface area contributed by atoms with Gasteiger partial charge in [-0.2, -0.15) is 26.3 Å². The Bertz CT molecular complexity index is 422. The second kappa shape index (κ2) is 5.13. The van der Waals surface area contributed by atoms with Crippen LogP contribution < -0.4 is 0 Å². The summed E-state index contributed by atoms with van der Waals surface area (Å²) in [5, 5.41) is -1.95. The molecule has 0 radical (unpaired) electrons. The number of ether oxygens (including phenoxy) is 1. The standard InChI is InChI=1S/C10H9ClF8O2/c1-4(20)21-6-3-8(13,10(17,18)19)7(12,2-5(6)11)9(14,15)16/h5-6H,2-3H2,1H3/t5-,6-,7+,8-/m1/s1. The molecule has 0 aliphatic heterocycles. The predicted molar refractivity (Wildman–Crippen MR) is 54.2 cm³/mol. The Morgan fingerprint density at radius 2 is 1.43 bits per heavy atom. The summed E-state index contributed by atoms with van der Waals surface area (Å²) >= 11 is 5.34. The molecule has 1 rings (SSSR count). The van der Waals surface area contributed by atoms with Gasteiger partial charge in [-0.1, -0.05) is 0 Å². The van der Waals surface area contributed by atoms with E-state index < -0.39 is 54.0 Å². The predicted octanol–water partition coefficient (Wildman–Crippen LogP) is 3.86. The van der Waals surface area contributed by atoms with Crippen molar-refractivity contribution in [1.82, 2.24) is 0 Å². The van der Waals surface area contributed by atoms with Crippen molar-refractivity contribution in [2.24, 2.45) is 0 Å². The van der Waals surface area contributed by atoms with Crippen LogP contribution in [0.3, 0.4) is 0 Å². The molecule has 124 valence electrons. The van der Waals surface area contributed by atoms with Crippen LogP contribution in [0.1, 0.15) is 19.8 Å². The number of carbonyl (C=O) groups is 1. The molecule has 1 aliphatic rings. The molecule has 1 saturated carbocycles. The summed E-state index contributed by atoms with van der Waals surface area (Å²) < 4.78 is 108. The normalized spacial score (nSPS) is 38.2. The van der Waals surface area contributed by atoms with Gasteiger partial charge in [-0.05, 0) is 0 Å². The molecule has 2 nitrogen and oxygen atoms in total. The molecule has 0 amide bonds. The number of alkyl halides is 9. The second-order valence-electron chi connectivity index (χ2n) is 4.67. The van der Waals surface area contributed by atoms with E-state index in [1.54, 1.807) is 0 Å². The van der Waals surface area contributed by atoms with E-state index in [2.05, 4.69) is 4.74 Å². The number of carbonyl (C=O) groups excluding carboxylic acids is 1. The molecule has 0 aromatic heterocycles. The molecule has 4 atom stereocenters. The van der Waals surface area contributed by atoms with E-state index in [1.165, 1.54) is 0 Å². The molecule has 11 heteroatoms. The van der Waals surface area contributed by atoms with Gasteiger partial charge >= 0.3 is 18.3 Å². The Morgan fingerprint density at radius 3 is 1.76 bits per heavy atom. The molecular formula is C10H9ClF8O2. The van der Waals surface area contributed by atoms with Gasteiger partial charge in [0.15, 0.2) is 0 Å². The Kier molecular flexibility index (Phi) is 4.46. The molecule has 0 heterocycles. The number of hydrogen-bond acceptors (Lipinski definition) is 2. The summed E-state index contributed by atoms with van der Waals surface area (Å²) in [6.07, 6.45) is -18.4. The van der Waals surface area contributed by atoms with Gasteiger partial charge in [0.05, 0.1) is 5.38 Å². The second-order valence-corrected chi connectivity index (χ2v) is 5.23. The summed E-state index contributed by atoms with van der Waals surface area (Å²) in [7, 11) is 0. The summed E-state index contributed by atoms with van der Waals surface area (Å²) in [6.45, 7) is 0.748. The topological polar surface area (TPSA) is 26.3 Å². The van der Waals surface area contributed by atoms with Crippen molar-refractivity contribution in [3.63, 3.8) is 0 Å². The Hall–Kier alpha value is -0.800. The lowest BCUT2D eigenvalue weighted by Crippen LogP contribution is -2.70. The Labute approximate surface area is 118 Å². The van der Waals surface area contributed by atoms with Crippen LogP contribution >= 0.6 is 11.6 Å². The average Bonchev–Trinajstić information content (AvgIpc) is 2.22. The highest BCUT2D eigenvalue weighted by atomic mass is 35.5. The van der Waals surface area contributed by atoms with E-state index in [-0.39, 0.29) is 0 Å². The summed E-state index contributed by atoms with van der Waals surface area (Å²) in [6, 6.07) is 0. The highest BCUT2D eigenvalue weighted by Gasteiger charge is 2.81. The van der Waals surface area contributed by atoms with E-state index >= 15 is 0 Å². The summed E-state index contributed by atoms with van der Waals surface area (Å²) in [5.74, 6) is -1.17. The minimum atomic E-state index is -6.16. The zero-order valence-corrected chi connectivity index (χ0v) is 11.0. The lowest BCUT2D eigenvalue weighted by Gasteiger charge is -2.47. The van der Waals surface area contributed by atoms with Crippen molar-refractivity contribution in [3.8, 4) is 0 Å². The molecule has 0 bridgehead atoms. The highest BCUT2D eigenvalue weighted by molar-refractivity contribution is 6.21. The van der Waals surface area contributed by atoms with E-state index in [1.807, 2.05) is 0 Å². The molecular weight excluding hydrogens is 340 g/mol. The lowest BCUT2D eigenvalue weighted by molar-refractivity contribution is -0.358. The van der Waals surface area contributed by atoms with Gasteiger partial charge < -0.3 is 4.74 Å². The maximum Gasteiger partial charge on any atom is 0.426 e. The van der Waals surface area contributed by atoms with Crippen molar-refractivity contribution >= 4 is 17.6 Å². The number of hydrogen-bond donors (Lipinski definition) is 0. The molecule has 0 unspecified atom stereocenters. The van der Waals surface area contributed by atoms with Gasteiger partial charge in [0.1, 0.15) is 6.10 Å². The maximum absolute atomic E-state index is 14.0. The first-order valence-electron chi connectivity index (χ1n) is 5.48. The zero-order valence-electron chi connectivity index (χ0n) is 10.3. The van der Waals surface area contributed by atoms with Crippen molar-refractivity contribution < 1.29 is 44.7 Å². The van der Waals surface area contributed by atoms with E-state index in [0.29, 0.717) is 0 Å². The number of halogens is 9. The minimum absolute atomic E-state index is 0.748. The molecule has 1 aliphatic carbocycles. The van der Waals surface area contributed by atoms with Gasteiger partial charge in [0.2, 0.25) is 5.67 Å². The lowest BCUT2D eigenvalue weighted by atomic mass is 9.71. The van der Waals surface area contributed by atoms with Gasteiger partial charge in [-0.25, -0.2) is 8.78 Å². The van der Waals surface area contributed by atoms with Crippen molar-refractivity contribution in [3.05, 3.63) is 0 Å². The third-order valence-corrected chi connectivity index (χ3v) is 3.64. The maximum atomic E-state index is 14.0. The van der Waals surface area contributed by atoms with Crippen LogP contribution in [0, 0.1) is 0 Å². The Morgan fingerprint density at radius 1 is 1.05 bits per heavy atom. The van der Waals surface area contributed by atoms with Crippen LogP contribution in [-0.2, 0) is 9.53 Å². The third kappa shape index (κ3) is 2.91. The van der Waals surface area contributed by atoms with Gasteiger partial charge in [-0.3, -0.25) is 4.79 Å². The van der Waals surface area contributed by atoms with Crippen LogP contribution in [0.15, 0.2) is 0 Å². The SMILES string of the molecule is CC(=O)O[C@@H]1C[C@](F)(C(F)(F)F)[C@](F)(C(F)(F)F)C[C@H]1Cl. The third-order valence-electron chi connectivity index (χ3n) is 3.21. The van der Waals surface area contributed by atoms with Crippen LogP contribution in [-0.4, -0.2) is 41.1 Å². The quantitative estimate of drug-likeness (QED) is 0.409. The highest BCUT2D eigenvalue weighted by Crippen LogP contribution is 2.59. The van der Waals surface area contributed by atoms with Gasteiger partial charge in [-0.15, -0.1) is 11.6 Å². The van der Waals surface area contributed by atoms with Crippen molar-refractivity contribution in [2.45, 2.75) is 54.9 Å². The van der Waals surface area contributed by atoms with Gasteiger partial charge in [0.25, 0.3) is 5.67 Å². The fraction of sp³-hybridized carbons (Fsp3) is 0.900. The summed E-state index contributed by atoms with van der Waals surface area (Å²) in [5.41, 5.74) is -10.5. The van der Waals surface area contributed by atoms with E-state index in [0.717, 1.165) is 6.92 Å². The average molecular weight is 349 g/mol. The zero-order chi connectivity index (χ0) is 16.9. The van der Waals surface area contributed by atoms with E-state index in [4.69, 9.17) is 11.6 Å². The van der Waals surface area contributed by atoms with Crippen LogP contribution in [0.25, 0.3) is 0 Å². The molecule has 1 fully saturated rings. The largest absolute Gasteiger partial charge is 0.461 e. The first-order chi connectivity index (χ1) is 9.16. The molecule has 0 spiro atoms. The summed E-state index contributed by atoms with van der Waals surface area (Å²) in [4.78, 5) is 10.7. The van der Waals surface area contributed by atoms with Crippen LogP contribution in [0.5, 0.6) is 0 Å². The van der Waals surface area contributed by atoms with Gasteiger partial charge in [0, 0.05) is 19.8 Å². The minimum Gasteiger partial charge on any atom is -0.461 e. The van der Waals surface area contributed by atoms with Crippen LogP contribution in [0.4, 0.5) is 35.1 Å². The molecule has 21 heavy (non-hydrogen) atoms.